The highest BCUT2D eigenvalue weighted by molar-refractivity contribution is 5.72. The topological polar surface area (TPSA) is 117 Å². The summed E-state index contributed by atoms with van der Waals surface area (Å²) >= 11 is 0. The average molecular weight is 393 g/mol. The average Bonchev–Trinajstić information content (AvgIpc) is 3.44. The molecule has 29 heavy (non-hydrogen) atoms. The minimum absolute atomic E-state index is 0.121. The lowest BCUT2D eigenvalue weighted by Crippen LogP contribution is -2.08. The van der Waals surface area contributed by atoms with E-state index in [4.69, 9.17) is 9.26 Å². The molecule has 148 valence electrons. The van der Waals surface area contributed by atoms with Crippen molar-refractivity contribution in [3.63, 3.8) is 0 Å². The molecule has 0 amide bonds. The molecule has 4 aromatic rings. The van der Waals surface area contributed by atoms with E-state index in [2.05, 4.69) is 25.3 Å². The predicted octanol–water partition coefficient (Wildman–Crippen LogP) is 2.17. The van der Waals surface area contributed by atoms with Gasteiger partial charge in [0.1, 0.15) is 24.4 Å². The number of hydrogen-bond donors (Lipinski definition) is 1. The molecule has 0 atom stereocenters. The van der Waals surface area contributed by atoms with Crippen LogP contribution in [0.15, 0.2) is 29.0 Å². The number of methoxy groups -OCH3 is 1. The number of nitrogens with zero attached hydrogens (tertiary/aromatic N) is 7. The van der Waals surface area contributed by atoms with Crippen LogP contribution in [0.2, 0.25) is 0 Å². The third-order valence-corrected chi connectivity index (χ3v) is 4.99. The number of ether oxygens (including phenoxy) is 1. The summed E-state index contributed by atoms with van der Waals surface area (Å²) in [5.41, 5.74) is 3.17. The van der Waals surface area contributed by atoms with Gasteiger partial charge in [-0.05, 0) is 18.2 Å². The minimum atomic E-state index is -0.227. The predicted molar refractivity (Wildman–Crippen MR) is 102 cm³/mol. The number of aromatic nitrogens is 7. The molecule has 1 aromatic carbocycles. The molecule has 0 saturated heterocycles. The molecule has 0 aliphatic carbocycles. The molecule has 10 heteroatoms. The van der Waals surface area contributed by atoms with Crippen molar-refractivity contribution in [1.82, 2.24) is 34.5 Å². The van der Waals surface area contributed by atoms with Crippen LogP contribution < -0.4 is 4.74 Å². The Kier molecular flexibility index (Phi) is 3.95. The summed E-state index contributed by atoms with van der Waals surface area (Å²) < 4.78 is 14.6. The lowest BCUT2D eigenvalue weighted by atomic mass is 10.1. The van der Waals surface area contributed by atoms with Gasteiger partial charge >= 0.3 is 0 Å². The van der Waals surface area contributed by atoms with Crippen LogP contribution in [0.5, 0.6) is 5.75 Å². The van der Waals surface area contributed by atoms with Crippen molar-refractivity contribution in [2.75, 3.05) is 7.11 Å². The van der Waals surface area contributed by atoms with Crippen molar-refractivity contribution in [2.24, 2.45) is 0 Å². The molecular formula is C19H19N7O3. The van der Waals surface area contributed by atoms with Crippen LogP contribution in [0, 0.1) is 0 Å². The van der Waals surface area contributed by atoms with Gasteiger partial charge in [0, 0.05) is 11.5 Å². The Morgan fingerprint density at radius 2 is 2.14 bits per heavy atom. The fourth-order valence-electron chi connectivity index (χ4n) is 3.48. The zero-order valence-corrected chi connectivity index (χ0v) is 16.2. The second-order valence-electron chi connectivity index (χ2n) is 7.09. The smallest absolute Gasteiger partial charge is 0.229 e. The van der Waals surface area contributed by atoms with Crippen molar-refractivity contribution in [3.05, 3.63) is 41.9 Å². The lowest BCUT2D eigenvalue weighted by molar-refractivity contribution is 0.265. The fraction of sp³-hybridized carbons (Fsp3) is 0.316. The first-order chi connectivity index (χ1) is 14.1. The molecule has 1 aliphatic rings. The highest BCUT2D eigenvalue weighted by Gasteiger charge is 2.28. The normalized spacial score (nSPS) is 12.4. The summed E-state index contributed by atoms with van der Waals surface area (Å²) in [6.07, 6.45) is 1.74. The maximum Gasteiger partial charge on any atom is 0.229 e. The first kappa shape index (κ1) is 17.6. The maximum absolute atomic E-state index is 9.76. The Balaban J connectivity index is 1.75. The zero-order chi connectivity index (χ0) is 20.1. The van der Waals surface area contributed by atoms with Gasteiger partial charge in [-0.3, -0.25) is 4.57 Å². The zero-order valence-electron chi connectivity index (χ0n) is 16.2. The summed E-state index contributed by atoms with van der Waals surface area (Å²) in [5, 5.41) is 22.3. The van der Waals surface area contributed by atoms with Gasteiger partial charge in [-0.1, -0.05) is 19.0 Å². The maximum atomic E-state index is 9.76. The van der Waals surface area contributed by atoms with E-state index < -0.39 is 0 Å². The summed E-state index contributed by atoms with van der Waals surface area (Å²) in [5.74, 6) is 2.92. The molecule has 5 rings (SSSR count). The van der Waals surface area contributed by atoms with Crippen LogP contribution in [0.4, 0.5) is 0 Å². The molecule has 0 bridgehead atoms. The van der Waals surface area contributed by atoms with E-state index >= 15 is 0 Å². The SMILES string of the molecule is COc1ccc2c(c1)-c1nnc(CO)n1Cc1c(-c3noc(C(C)C)n3)ncn1-2. The van der Waals surface area contributed by atoms with Gasteiger partial charge in [-0.25, -0.2) is 4.98 Å². The summed E-state index contributed by atoms with van der Waals surface area (Å²) in [4.78, 5) is 9.06. The Morgan fingerprint density at radius 1 is 1.28 bits per heavy atom. The van der Waals surface area contributed by atoms with Crippen molar-refractivity contribution >= 4 is 0 Å². The minimum Gasteiger partial charge on any atom is -0.497 e. The molecule has 0 fully saturated rings. The van der Waals surface area contributed by atoms with Crippen LogP contribution in [-0.2, 0) is 13.2 Å². The molecule has 0 unspecified atom stereocenters. The Hall–Kier alpha value is -3.53. The third kappa shape index (κ3) is 2.64. The van der Waals surface area contributed by atoms with Crippen LogP contribution in [-0.4, -0.2) is 46.7 Å². The Morgan fingerprint density at radius 3 is 2.86 bits per heavy atom. The van der Waals surface area contributed by atoms with Gasteiger partial charge in [0.15, 0.2) is 11.6 Å². The van der Waals surface area contributed by atoms with Crippen LogP contribution in [0.3, 0.4) is 0 Å². The van der Waals surface area contributed by atoms with Gasteiger partial charge in [-0.2, -0.15) is 4.98 Å². The molecule has 1 N–H and O–H groups in total. The molecule has 0 spiro atoms. The number of fused-ring (bicyclic) bond motifs is 5. The van der Waals surface area contributed by atoms with Gasteiger partial charge in [-0.15, -0.1) is 10.2 Å². The van der Waals surface area contributed by atoms with E-state index in [1.807, 2.05) is 41.2 Å². The largest absolute Gasteiger partial charge is 0.497 e. The number of imidazole rings is 1. The van der Waals surface area contributed by atoms with Gasteiger partial charge in [0.05, 0.1) is 25.0 Å². The fourth-order valence-corrected chi connectivity index (χ4v) is 3.48. The number of benzene rings is 1. The van der Waals surface area contributed by atoms with E-state index in [1.54, 1.807) is 13.4 Å². The van der Waals surface area contributed by atoms with E-state index in [0.717, 1.165) is 16.9 Å². The number of aliphatic hydroxyl groups excluding tert-OH is 1. The molecule has 10 nitrogen and oxygen atoms in total. The van der Waals surface area contributed by atoms with E-state index in [-0.39, 0.29) is 12.5 Å². The number of rotatable bonds is 4. The van der Waals surface area contributed by atoms with Crippen LogP contribution >= 0.6 is 0 Å². The molecule has 1 aliphatic heterocycles. The Bertz CT molecular complexity index is 1200. The third-order valence-electron chi connectivity index (χ3n) is 4.99. The quantitative estimate of drug-likeness (QED) is 0.494. The van der Waals surface area contributed by atoms with Crippen molar-refractivity contribution in [2.45, 2.75) is 32.9 Å². The van der Waals surface area contributed by atoms with Crippen LogP contribution in [0.1, 0.15) is 37.2 Å². The second kappa shape index (κ2) is 6.52. The van der Waals surface area contributed by atoms with Crippen molar-refractivity contribution < 1.29 is 14.4 Å². The second-order valence-corrected chi connectivity index (χ2v) is 7.09. The van der Waals surface area contributed by atoms with Gasteiger partial charge in [0.25, 0.3) is 0 Å². The first-order valence-electron chi connectivity index (χ1n) is 9.22. The van der Waals surface area contributed by atoms with Crippen molar-refractivity contribution in [3.8, 4) is 34.3 Å². The first-order valence-corrected chi connectivity index (χ1v) is 9.22. The Labute approximate surface area is 165 Å². The number of hydrogen-bond acceptors (Lipinski definition) is 8. The van der Waals surface area contributed by atoms with E-state index in [1.165, 1.54) is 0 Å². The molecule has 4 heterocycles. The lowest BCUT2D eigenvalue weighted by Gasteiger charge is -2.10. The standard InChI is InChI=1S/C19H19N7O3/c1-10(2)19-21-17(24-29-19)16-14-7-25-15(8-27)22-23-18(25)12-6-11(28-3)4-5-13(12)26(14)9-20-16/h4-6,9-10,27H,7-8H2,1-3H3. The van der Waals surface area contributed by atoms with Crippen LogP contribution in [0.25, 0.3) is 28.6 Å². The van der Waals surface area contributed by atoms with Gasteiger partial charge in [0.2, 0.25) is 11.7 Å². The summed E-state index contributed by atoms with van der Waals surface area (Å²) in [6, 6.07) is 5.73. The molecule has 0 radical (unpaired) electrons. The highest BCUT2D eigenvalue weighted by atomic mass is 16.5. The van der Waals surface area contributed by atoms with E-state index in [0.29, 0.717) is 41.4 Å². The van der Waals surface area contributed by atoms with Gasteiger partial charge < -0.3 is 18.9 Å². The summed E-state index contributed by atoms with van der Waals surface area (Å²) in [7, 11) is 1.62. The highest BCUT2D eigenvalue weighted by Crippen LogP contribution is 2.36. The molecular weight excluding hydrogens is 374 g/mol. The van der Waals surface area contributed by atoms with E-state index in [9.17, 15) is 5.11 Å². The van der Waals surface area contributed by atoms with Crippen molar-refractivity contribution in [1.29, 1.82) is 0 Å². The summed E-state index contributed by atoms with van der Waals surface area (Å²) in [6.45, 7) is 4.16. The number of aliphatic hydroxyl groups is 1. The molecule has 0 saturated carbocycles. The monoisotopic (exact) mass is 393 g/mol. The molecule has 3 aromatic heterocycles.